The number of aliphatic hydroxyl groups excluding tert-OH is 1. The maximum atomic E-state index is 10.9. The summed E-state index contributed by atoms with van der Waals surface area (Å²) < 4.78 is 17.1. The van der Waals surface area contributed by atoms with E-state index in [2.05, 4.69) is 41.7 Å². The molecule has 2 aromatic carbocycles. The molecule has 3 aliphatic rings. The first-order valence-corrected chi connectivity index (χ1v) is 9.70. The Kier molecular flexibility index (Phi) is 4.05. The third-order valence-electron chi connectivity index (χ3n) is 5.83. The highest BCUT2D eigenvalue weighted by Crippen LogP contribution is 2.39. The summed E-state index contributed by atoms with van der Waals surface area (Å²) in [5.41, 5.74) is 5.97. The lowest BCUT2D eigenvalue weighted by atomic mass is 9.96. The highest BCUT2D eigenvalue weighted by atomic mass is 16.8. The SMILES string of the molecule is CC1(C)O[C@@H]2[C@@H](CO[C@](O)(CNc3ccc4c(c3)Cc3ccccc3-4)[C@H]2O)O1. The molecule has 0 aromatic heterocycles. The second-order valence-electron chi connectivity index (χ2n) is 8.30. The third kappa shape index (κ3) is 2.93. The second-order valence-corrected chi connectivity index (χ2v) is 8.30. The quantitative estimate of drug-likeness (QED) is 0.644. The second kappa shape index (κ2) is 6.27. The molecule has 6 nitrogen and oxygen atoms in total. The van der Waals surface area contributed by atoms with Crippen LogP contribution in [0.3, 0.4) is 0 Å². The zero-order valence-electron chi connectivity index (χ0n) is 16.0. The summed E-state index contributed by atoms with van der Waals surface area (Å²) in [5.74, 6) is -2.54. The number of anilines is 1. The van der Waals surface area contributed by atoms with Crippen molar-refractivity contribution in [2.75, 3.05) is 18.5 Å². The Labute approximate surface area is 164 Å². The van der Waals surface area contributed by atoms with Gasteiger partial charge in [-0.15, -0.1) is 0 Å². The molecule has 2 saturated heterocycles. The summed E-state index contributed by atoms with van der Waals surface area (Å²) in [6.07, 6.45) is -1.32. The number of fused-ring (bicyclic) bond motifs is 4. The van der Waals surface area contributed by atoms with Crippen LogP contribution in [0.5, 0.6) is 0 Å². The lowest BCUT2D eigenvalue weighted by Gasteiger charge is -2.41. The van der Waals surface area contributed by atoms with Crippen molar-refractivity contribution in [2.24, 2.45) is 0 Å². The van der Waals surface area contributed by atoms with Crippen molar-refractivity contribution < 1.29 is 24.4 Å². The lowest BCUT2D eigenvalue weighted by molar-refractivity contribution is -0.298. The normalized spacial score (nSPS) is 32.5. The zero-order valence-corrected chi connectivity index (χ0v) is 16.0. The predicted molar refractivity (Wildman–Crippen MR) is 104 cm³/mol. The molecule has 2 heterocycles. The van der Waals surface area contributed by atoms with Gasteiger partial charge in [0.2, 0.25) is 5.79 Å². The van der Waals surface area contributed by atoms with E-state index in [0.717, 1.165) is 12.1 Å². The predicted octanol–water partition coefficient (Wildman–Crippen LogP) is 2.27. The van der Waals surface area contributed by atoms with E-state index in [1.54, 1.807) is 13.8 Å². The molecule has 0 saturated carbocycles. The van der Waals surface area contributed by atoms with Gasteiger partial charge in [-0.2, -0.15) is 0 Å². The van der Waals surface area contributed by atoms with Gasteiger partial charge < -0.3 is 29.7 Å². The first-order valence-electron chi connectivity index (χ1n) is 9.70. The molecule has 0 bridgehead atoms. The highest BCUT2D eigenvalue weighted by molar-refractivity contribution is 5.78. The maximum Gasteiger partial charge on any atom is 0.212 e. The fourth-order valence-electron chi connectivity index (χ4n) is 4.47. The molecule has 3 N–H and O–H groups in total. The van der Waals surface area contributed by atoms with Gasteiger partial charge in [0.05, 0.1) is 13.2 Å². The molecule has 5 rings (SSSR count). The van der Waals surface area contributed by atoms with E-state index in [-0.39, 0.29) is 19.3 Å². The van der Waals surface area contributed by atoms with Crippen LogP contribution in [0.1, 0.15) is 25.0 Å². The van der Waals surface area contributed by atoms with E-state index in [4.69, 9.17) is 14.2 Å². The molecule has 0 amide bonds. The summed E-state index contributed by atoms with van der Waals surface area (Å²) in [7, 11) is 0. The minimum absolute atomic E-state index is 0.0485. The van der Waals surface area contributed by atoms with Crippen LogP contribution in [0.2, 0.25) is 0 Å². The molecule has 1 aliphatic carbocycles. The smallest absolute Gasteiger partial charge is 0.212 e. The van der Waals surface area contributed by atoms with Crippen LogP contribution in [-0.2, 0) is 20.6 Å². The van der Waals surface area contributed by atoms with Gasteiger partial charge in [0, 0.05) is 5.69 Å². The van der Waals surface area contributed by atoms with Crippen LogP contribution in [0, 0.1) is 0 Å². The van der Waals surface area contributed by atoms with Crippen LogP contribution >= 0.6 is 0 Å². The van der Waals surface area contributed by atoms with Gasteiger partial charge in [-0.25, -0.2) is 0 Å². The molecule has 2 aromatic rings. The molecular formula is C22H25NO5. The molecule has 0 spiro atoms. The molecule has 2 aliphatic heterocycles. The Morgan fingerprint density at radius 3 is 2.71 bits per heavy atom. The monoisotopic (exact) mass is 383 g/mol. The molecule has 148 valence electrons. The average Bonchev–Trinajstić information content (AvgIpc) is 3.19. The van der Waals surface area contributed by atoms with Gasteiger partial charge in [-0.1, -0.05) is 30.3 Å². The van der Waals surface area contributed by atoms with Crippen molar-refractivity contribution in [1.29, 1.82) is 0 Å². The topological polar surface area (TPSA) is 80.2 Å². The number of hydrogen-bond donors (Lipinski definition) is 3. The zero-order chi connectivity index (χ0) is 19.5. The molecule has 2 fully saturated rings. The van der Waals surface area contributed by atoms with E-state index in [1.807, 2.05) is 6.07 Å². The van der Waals surface area contributed by atoms with Gasteiger partial charge in [-0.05, 0) is 54.7 Å². The van der Waals surface area contributed by atoms with Crippen LogP contribution in [0.4, 0.5) is 5.69 Å². The Morgan fingerprint density at radius 1 is 1.07 bits per heavy atom. The number of nitrogens with one attached hydrogen (secondary N) is 1. The van der Waals surface area contributed by atoms with Crippen LogP contribution in [0.25, 0.3) is 11.1 Å². The molecular weight excluding hydrogens is 358 g/mol. The van der Waals surface area contributed by atoms with Crippen LogP contribution < -0.4 is 5.32 Å². The van der Waals surface area contributed by atoms with Crippen molar-refractivity contribution in [3.63, 3.8) is 0 Å². The van der Waals surface area contributed by atoms with E-state index in [0.29, 0.717) is 0 Å². The largest absolute Gasteiger partial charge is 0.385 e. The Bertz CT molecular complexity index is 914. The van der Waals surface area contributed by atoms with Gasteiger partial charge in [-0.3, -0.25) is 0 Å². The van der Waals surface area contributed by atoms with Crippen LogP contribution in [0.15, 0.2) is 42.5 Å². The van der Waals surface area contributed by atoms with Gasteiger partial charge in [0.15, 0.2) is 5.79 Å². The summed E-state index contributed by atoms with van der Waals surface area (Å²) in [6, 6.07) is 14.6. The van der Waals surface area contributed by atoms with E-state index in [9.17, 15) is 10.2 Å². The van der Waals surface area contributed by atoms with Gasteiger partial charge in [0.1, 0.15) is 18.3 Å². The minimum atomic E-state index is -1.74. The van der Waals surface area contributed by atoms with Gasteiger partial charge >= 0.3 is 0 Å². The maximum absolute atomic E-state index is 10.9. The Hall–Kier alpha value is -1.96. The van der Waals surface area contributed by atoms with Crippen molar-refractivity contribution in [2.45, 2.75) is 50.2 Å². The van der Waals surface area contributed by atoms with Crippen molar-refractivity contribution >= 4 is 5.69 Å². The first kappa shape index (κ1) is 18.1. The third-order valence-corrected chi connectivity index (χ3v) is 5.83. The van der Waals surface area contributed by atoms with Crippen molar-refractivity contribution in [3.05, 3.63) is 53.6 Å². The van der Waals surface area contributed by atoms with Crippen molar-refractivity contribution in [3.8, 4) is 11.1 Å². The Morgan fingerprint density at radius 2 is 1.86 bits per heavy atom. The summed E-state index contributed by atoms with van der Waals surface area (Å²) in [6.45, 7) is 3.80. The summed E-state index contributed by atoms with van der Waals surface area (Å²) in [4.78, 5) is 0. The number of ether oxygens (including phenoxy) is 3. The molecule has 0 unspecified atom stereocenters. The molecule has 4 atom stereocenters. The van der Waals surface area contributed by atoms with E-state index < -0.39 is 23.8 Å². The highest BCUT2D eigenvalue weighted by Gasteiger charge is 2.56. The lowest BCUT2D eigenvalue weighted by Crippen LogP contribution is -2.62. The van der Waals surface area contributed by atoms with Crippen LogP contribution in [-0.4, -0.2) is 53.3 Å². The number of benzene rings is 2. The van der Waals surface area contributed by atoms with E-state index >= 15 is 0 Å². The number of hydrogen-bond acceptors (Lipinski definition) is 6. The number of aliphatic hydroxyl groups is 2. The fourth-order valence-corrected chi connectivity index (χ4v) is 4.47. The summed E-state index contributed by atoms with van der Waals surface area (Å²) >= 11 is 0. The Balaban J connectivity index is 1.30. The minimum Gasteiger partial charge on any atom is -0.385 e. The summed E-state index contributed by atoms with van der Waals surface area (Å²) in [5, 5.41) is 24.8. The van der Waals surface area contributed by atoms with Crippen molar-refractivity contribution in [1.82, 2.24) is 0 Å². The standard InChI is InChI=1S/C22H25NO5/c1-21(2)27-18-11-26-22(25,20(24)19(18)28-21)12-23-15-7-8-17-14(10-15)9-13-5-3-4-6-16(13)17/h3-8,10,18-20,23-25H,9,11-12H2,1-2H3/t18-,19-,20+,22-/m1/s1. The first-order chi connectivity index (χ1) is 13.3. The number of rotatable bonds is 3. The molecule has 0 radical (unpaired) electrons. The molecule has 6 heteroatoms. The van der Waals surface area contributed by atoms with E-state index in [1.165, 1.54) is 22.3 Å². The average molecular weight is 383 g/mol. The molecule has 28 heavy (non-hydrogen) atoms. The van der Waals surface area contributed by atoms with Gasteiger partial charge in [0.25, 0.3) is 0 Å². The fraction of sp³-hybridized carbons (Fsp3) is 0.455.